The number of carbonyl (C=O) groups excluding carboxylic acids is 1. The van der Waals surface area contributed by atoms with Crippen molar-refractivity contribution in [2.75, 3.05) is 34.0 Å². The van der Waals surface area contributed by atoms with E-state index in [-0.39, 0.29) is 31.0 Å². The van der Waals surface area contributed by atoms with Crippen LogP contribution < -0.4 is 15.2 Å². The number of hydrogen-bond donors (Lipinski definition) is 0. The van der Waals surface area contributed by atoms with E-state index in [2.05, 4.69) is 10.00 Å². The molecule has 0 aliphatic carbocycles. The molecule has 0 radical (unpaired) electrons. The molecule has 2 aliphatic rings. The fourth-order valence-corrected chi connectivity index (χ4v) is 3.61. The van der Waals surface area contributed by atoms with Crippen LogP contribution in [0.2, 0.25) is 0 Å². The van der Waals surface area contributed by atoms with Crippen LogP contribution in [0.4, 0.5) is 0 Å². The standard InChI is InChI=1S/C18H23N5O4/c1-12-19-22(10-17(24)21(3)14-6-7-20(2)9-14)18(25)23(12)13-4-5-15-16(8-13)27-11-26-15/h4-5,8,14H,6-7,9-11H2,1-3H3. The van der Waals surface area contributed by atoms with Crippen LogP contribution in [0.3, 0.4) is 0 Å². The lowest BCUT2D eigenvalue weighted by Crippen LogP contribution is -2.42. The van der Waals surface area contributed by atoms with Crippen LogP contribution in [0, 0.1) is 6.92 Å². The molecule has 1 aromatic heterocycles. The van der Waals surface area contributed by atoms with Gasteiger partial charge in [0, 0.05) is 25.7 Å². The zero-order chi connectivity index (χ0) is 19.1. The molecule has 0 bridgehead atoms. The van der Waals surface area contributed by atoms with E-state index in [0.717, 1.165) is 19.5 Å². The molecule has 9 nitrogen and oxygen atoms in total. The smallest absolute Gasteiger partial charge is 0.351 e. The Balaban J connectivity index is 1.56. The zero-order valence-corrected chi connectivity index (χ0v) is 15.7. The Morgan fingerprint density at radius 3 is 2.85 bits per heavy atom. The Labute approximate surface area is 156 Å². The van der Waals surface area contributed by atoms with Crippen LogP contribution >= 0.6 is 0 Å². The molecule has 4 rings (SSSR count). The lowest BCUT2D eigenvalue weighted by molar-refractivity contribution is -0.132. The van der Waals surface area contributed by atoms with Gasteiger partial charge in [0.1, 0.15) is 12.4 Å². The molecule has 3 heterocycles. The average molecular weight is 373 g/mol. The summed E-state index contributed by atoms with van der Waals surface area (Å²) in [5.41, 5.74) is 0.280. The molecule has 2 aromatic rings. The van der Waals surface area contributed by atoms with E-state index < -0.39 is 0 Å². The molecule has 1 saturated heterocycles. The minimum atomic E-state index is -0.350. The van der Waals surface area contributed by atoms with Crippen molar-refractivity contribution >= 4 is 5.91 Å². The number of nitrogens with zero attached hydrogens (tertiary/aromatic N) is 5. The maximum absolute atomic E-state index is 12.8. The number of likely N-dealkylation sites (tertiary alicyclic amines) is 1. The van der Waals surface area contributed by atoms with E-state index in [1.807, 2.05) is 7.05 Å². The van der Waals surface area contributed by atoms with Gasteiger partial charge in [-0.05, 0) is 39.1 Å². The van der Waals surface area contributed by atoms with Crippen molar-refractivity contribution in [1.29, 1.82) is 0 Å². The first-order valence-electron chi connectivity index (χ1n) is 8.94. The monoisotopic (exact) mass is 373 g/mol. The fraction of sp³-hybridized carbons (Fsp3) is 0.500. The van der Waals surface area contributed by atoms with Crippen LogP contribution in [0.25, 0.3) is 5.69 Å². The highest BCUT2D eigenvalue weighted by molar-refractivity contribution is 5.76. The fourth-order valence-electron chi connectivity index (χ4n) is 3.61. The van der Waals surface area contributed by atoms with Crippen molar-refractivity contribution in [2.45, 2.75) is 25.9 Å². The van der Waals surface area contributed by atoms with E-state index in [0.29, 0.717) is 23.0 Å². The number of benzene rings is 1. The molecule has 0 saturated carbocycles. The third kappa shape index (κ3) is 3.18. The molecule has 1 aromatic carbocycles. The average Bonchev–Trinajstić information content (AvgIpc) is 3.34. The summed E-state index contributed by atoms with van der Waals surface area (Å²) in [7, 11) is 3.83. The molecule has 1 atom stereocenters. The largest absolute Gasteiger partial charge is 0.454 e. The summed E-state index contributed by atoms with van der Waals surface area (Å²) < 4.78 is 13.4. The highest BCUT2D eigenvalue weighted by Gasteiger charge is 2.27. The molecule has 2 aliphatic heterocycles. The highest BCUT2D eigenvalue weighted by atomic mass is 16.7. The second-order valence-corrected chi connectivity index (χ2v) is 7.07. The summed E-state index contributed by atoms with van der Waals surface area (Å²) in [4.78, 5) is 29.4. The SMILES string of the molecule is Cc1nn(CC(=O)N(C)C2CCN(C)C2)c(=O)n1-c1ccc2c(c1)OCO2. The van der Waals surface area contributed by atoms with Crippen molar-refractivity contribution in [3.63, 3.8) is 0 Å². The van der Waals surface area contributed by atoms with Gasteiger partial charge in [0.05, 0.1) is 5.69 Å². The van der Waals surface area contributed by atoms with E-state index in [1.165, 1.54) is 9.25 Å². The molecule has 0 N–H and O–H groups in total. The lowest BCUT2D eigenvalue weighted by atomic mass is 10.2. The van der Waals surface area contributed by atoms with Gasteiger partial charge >= 0.3 is 5.69 Å². The number of aromatic nitrogens is 3. The van der Waals surface area contributed by atoms with Gasteiger partial charge < -0.3 is 19.3 Å². The Morgan fingerprint density at radius 1 is 1.33 bits per heavy atom. The third-order valence-corrected chi connectivity index (χ3v) is 5.21. The first-order valence-corrected chi connectivity index (χ1v) is 8.94. The van der Waals surface area contributed by atoms with Crippen molar-refractivity contribution in [1.82, 2.24) is 24.1 Å². The van der Waals surface area contributed by atoms with Gasteiger partial charge in [0.2, 0.25) is 12.7 Å². The van der Waals surface area contributed by atoms with Crippen molar-refractivity contribution < 1.29 is 14.3 Å². The molecule has 1 amide bonds. The summed E-state index contributed by atoms with van der Waals surface area (Å²) in [6.45, 7) is 3.65. The highest BCUT2D eigenvalue weighted by Crippen LogP contribution is 2.33. The van der Waals surface area contributed by atoms with Crippen molar-refractivity contribution in [3.05, 3.63) is 34.5 Å². The number of ether oxygens (including phenoxy) is 2. The molecular weight excluding hydrogens is 350 g/mol. The summed E-state index contributed by atoms with van der Waals surface area (Å²) >= 11 is 0. The lowest BCUT2D eigenvalue weighted by Gasteiger charge is -2.24. The summed E-state index contributed by atoms with van der Waals surface area (Å²) in [5.74, 6) is 1.63. The topological polar surface area (TPSA) is 81.8 Å². The minimum Gasteiger partial charge on any atom is -0.454 e. The Hall–Kier alpha value is -2.81. The second-order valence-electron chi connectivity index (χ2n) is 7.07. The molecule has 144 valence electrons. The van der Waals surface area contributed by atoms with Gasteiger partial charge in [0.15, 0.2) is 11.5 Å². The number of aryl methyl sites for hydroxylation is 1. The van der Waals surface area contributed by atoms with Crippen LogP contribution in [0.5, 0.6) is 11.5 Å². The predicted octanol–water partition coefficient (Wildman–Crippen LogP) is 0.234. The van der Waals surface area contributed by atoms with E-state index in [1.54, 1.807) is 37.1 Å². The maximum atomic E-state index is 12.8. The first-order chi connectivity index (χ1) is 12.9. The number of likely N-dealkylation sites (N-methyl/N-ethyl adjacent to an activating group) is 2. The summed E-state index contributed by atoms with van der Waals surface area (Å²) in [6.07, 6.45) is 0.943. The van der Waals surface area contributed by atoms with E-state index >= 15 is 0 Å². The van der Waals surface area contributed by atoms with Crippen LogP contribution in [0.1, 0.15) is 12.2 Å². The quantitative estimate of drug-likeness (QED) is 0.763. The number of rotatable bonds is 4. The van der Waals surface area contributed by atoms with Gasteiger partial charge in [-0.15, -0.1) is 0 Å². The third-order valence-electron chi connectivity index (χ3n) is 5.21. The van der Waals surface area contributed by atoms with Crippen LogP contribution in [-0.2, 0) is 11.3 Å². The van der Waals surface area contributed by atoms with Gasteiger partial charge in [-0.2, -0.15) is 5.10 Å². The maximum Gasteiger partial charge on any atom is 0.351 e. The van der Waals surface area contributed by atoms with Gasteiger partial charge in [-0.25, -0.2) is 14.0 Å². The van der Waals surface area contributed by atoms with E-state index in [9.17, 15) is 9.59 Å². The Morgan fingerprint density at radius 2 is 2.11 bits per heavy atom. The minimum absolute atomic E-state index is 0.0755. The number of carbonyl (C=O) groups is 1. The van der Waals surface area contributed by atoms with Crippen LogP contribution in [0.15, 0.2) is 23.0 Å². The van der Waals surface area contributed by atoms with Gasteiger partial charge in [-0.1, -0.05) is 0 Å². The Bertz CT molecular complexity index is 934. The second kappa shape index (κ2) is 6.73. The zero-order valence-electron chi connectivity index (χ0n) is 15.7. The predicted molar refractivity (Wildman–Crippen MR) is 97.4 cm³/mol. The molecule has 0 spiro atoms. The number of fused-ring (bicyclic) bond motifs is 1. The Kier molecular flexibility index (Phi) is 4.39. The van der Waals surface area contributed by atoms with Crippen molar-refractivity contribution in [3.8, 4) is 17.2 Å². The van der Waals surface area contributed by atoms with Crippen LogP contribution in [-0.4, -0.2) is 70.1 Å². The summed E-state index contributed by atoms with van der Waals surface area (Å²) in [5, 5.41) is 4.28. The number of amides is 1. The van der Waals surface area contributed by atoms with Gasteiger partial charge in [-0.3, -0.25) is 4.79 Å². The molecular formula is C18H23N5O4. The molecule has 1 fully saturated rings. The first kappa shape index (κ1) is 17.6. The van der Waals surface area contributed by atoms with Gasteiger partial charge in [0.25, 0.3) is 0 Å². The normalized spacial score (nSPS) is 18.9. The summed E-state index contributed by atoms with van der Waals surface area (Å²) in [6, 6.07) is 5.45. The van der Waals surface area contributed by atoms with Crippen molar-refractivity contribution in [2.24, 2.45) is 0 Å². The molecule has 27 heavy (non-hydrogen) atoms. The molecule has 9 heteroatoms. The number of hydrogen-bond acceptors (Lipinski definition) is 6. The molecule has 1 unspecified atom stereocenters. The van der Waals surface area contributed by atoms with E-state index in [4.69, 9.17) is 9.47 Å².